The highest BCUT2D eigenvalue weighted by Crippen LogP contribution is 2.53. The number of ether oxygens (including phenoxy) is 3. The van der Waals surface area contributed by atoms with Gasteiger partial charge in [0, 0.05) is 59.2 Å². The number of nitrogens with zero attached hydrogens (tertiary/aromatic N) is 2. The van der Waals surface area contributed by atoms with Gasteiger partial charge in [0.25, 0.3) is 0 Å². The van der Waals surface area contributed by atoms with Gasteiger partial charge in [-0.25, -0.2) is 19.4 Å². The second-order valence-corrected chi connectivity index (χ2v) is 35.4. The Balaban J connectivity index is 2.12. The van der Waals surface area contributed by atoms with Crippen LogP contribution in [0.2, 0.25) is 0 Å². The van der Waals surface area contributed by atoms with Crippen molar-refractivity contribution >= 4 is 94.7 Å². The van der Waals surface area contributed by atoms with Gasteiger partial charge in [-0.2, -0.15) is 0 Å². The fourth-order valence-corrected chi connectivity index (χ4v) is 17.6. The van der Waals surface area contributed by atoms with Crippen LogP contribution in [0.5, 0.6) is 0 Å². The lowest BCUT2D eigenvalue weighted by Gasteiger charge is -2.50. The topological polar surface area (TPSA) is 231 Å². The molecule has 0 aromatic carbocycles. The Morgan fingerprint density at radius 1 is 0.692 bits per heavy atom. The molecule has 1 aromatic heterocycles. The molecule has 2 saturated carbocycles. The summed E-state index contributed by atoms with van der Waals surface area (Å²) in [5.41, 5.74) is 1.55. The number of anilines is 1. The quantitative estimate of drug-likeness (QED) is 0.0278. The third-order valence-electron chi connectivity index (χ3n) is 19.5. The van der Waals surface area contributed by atoms with Gasteiger partial charge in [0.15, 0.2) is 0 Å². The normalized spacial score (nSPS) is 22.8. The van der Waals surface area contributed by atoms with Gasteiger partial charge in [0.1, 0.15) is 46.9 Å². The molecule has 0 radical (unpaired) electrons. The highest BCUT2D eigenvalue weighted by atomic mass is 32.2. The number of carboxylic acid groups (broad SMARTS) is 2. The summed E-state index contributed by atoms with van der Waals surface area (Å²) in [5, 5.41) is 21.2. The molecule has 2 aliphatic carbocycles. The van der Waals surface area contributed by atoms with E-state index in [9.17, 15) is 24.6 Å². The summed E-state index contributed by atoms with van der Waals surface area (Å²) in [7, 11) is 1.67. The van der Waals surface area contributed by atoms with Gasteiger partial charge in [0.2, 0.25) is 11.8 Å². The number of allylic oxidation sites excluding steroid dienone is 1. The fourth-order valence-electron chi connectivity index (χ4n) is 14.0. The summed E-state index contributed by atoms with van der Waals surface area (Å²) in [6.07, 6.45) is 5.32. The number of aromatic nitrogens is 1. The van der Waals surface area contributed by atoms with Crippen LogP contribution in [0.1, 0.15) is 245 Å². The number of amidine groups is 1. The molecule has 0 saturated heterocycles. The molecule has 16 nitrogen and oxygen atoms in total. The number of nitrogens with one attached hydrogen (secondary N) is 2. The number of H-pyrrole nitrogens is 1. The predicted octanol–water partition coefficient (Wildman–Crippen LogP) is 16.2. The van der Waals surface area contributed by atoms with Crippen molar-refractivity contribution in [3.8, 4) is 0 Å². The molecule has 5 unspecified atom stereocenters. The van der Waals surface area contributed by atoms with E-state index in [2.05, 4.69) is 114 Å². The summed E-state index contributed by atoms with van der Waals surface area (Å²) in [6, 6.07) is 0. The lowest BCUT2D eigenvalue weighted by Crippen LogP contribution is -2.50. The van der Waals surface area contributed by atoms with Gasteiger partial charge in [0.05, 0.1) is 21.6 Å². The molecule has 4 N–H and O–H groups in total. The molecule has 2 amide bonds. The molecular weight excluding hydrogens is 1210 g/mol. The van der Waals surface area contributed by atoms with Gasteiger partial charge >= 0.3 is 29.8 Å². The maximum absolute atomic E-state index is 16.0. The van der Waals surface area contributed by atoms with Gasteiger partial charge in [-0.15, -0.1) is 35.3 Å². The van der Waals surface area contributed by atoms with Crippen molar-refractivity contribution in [3.63, 3.8) is 0 Å². The van der Waals surface area contributed by atoms with Crippen molar-refractivity contribution in [1.29, 1.82) is 0 Å². The third kappa shape index (κ3) is 19.4. The zero-order chi connectivity index (χ0) is 69.4. The first-order valence-corrected chi connectivity index (χ1v) is 36.4. The molecule has 5 atom stereocenters. The van der Waals surface area contributed by atoms with Crippen molar-refractivity contribution in [2.75, 3.05) is 35.8 Å². The second-order valence-electron chi connectivity index (χ2n) is 31.2. The van der Waals surface area contributed by atoms with E-state index in [0.717, 1.165) is 37.4 Å². The Hall–Kier alpha value is -4.49. The summed E-state index contributed by atoms with van der Waals surface area (Å²) < 4.78 is 17.5. The van der Waals surface area contributed by atoms with E-state index < -0.39 is 69.1 Å². The number of aliphatic imine (C=N–C) groups is 1. The van der Waals surface area contributed by atoms with Crippen LogP contribution in [0, 0.1) is 63.1 Å². The highest BCUT2D eigenvalue weighted by molar-refractivity contribution is 8.04. The number of esters is 3. The molecule has 0 bridgehead atoms. The monoisotopic (exact) mass is 1320 g/mol. The molecule has 0 spiro atoms. The van der Waals surface area contributed by atoms with E-state index in [1.165, 1.54) is 28.4 Å². The lowest BCUT2D eigenvalue weighted by atomic mass is 9.59. The maximum Gasteiger partial charge on any atom is 0.342 e. The zero-order valence-electron chi connectivity index (χ0n) is 59.9. The molecule has 4 rings (SSSR count). The number of carbonyl (C=O) groups is 7. The van der Waals surface area contributed by atoms with Crippen LogP contribution >= 0.6 is 35.3 Å². The van der Waals surface area contributed by atoms with E-state index in [-0.39, 0.29) is 104 Å². The first-order chi connectivity index (χ1) is 41.9. The Morgan fingerprint density at radius 3 is 1.54 bits per heavy atom. The molecular formula is C72H116N4O12S3. The van der Waals surface area contributed by atoms with Crippen LogP contribution in [0.3, 0.4) is 0 Å². The van der Waals surface area contributed by atoms with E-state index in [1.54, 1.807) is 14.0 Å². The van der Waals surface area contributed by atoms with Gasteiger partial charge < -0.3 is 34.7 Å². The molecule has 2 fully saturated rings. The van der Waals surface area contributed by atoms with Crippen LogP contribution < -0.4 is 10.2 Å². The number of hydrogen-bond donors (Lipinski definition) is 4. The number of thioether (sulfide) groups is 3. The van der Waals surface area contributed by atoms with Gasteiger partial charge in [-0.1, -0.05) is 159 Å². The third-order valence-corrected chi connectivity index (χ3v) is 24.3. The number of rotatable bonds is 27. The SMILES string of the molecule is C=C(C)C(=O)OCCSC(CC)(CC)C(=O)N(C)c1[nH]c(/C=C2\N=C(NC(=O)C(CC)(CC)SCCSC(CC(=O)O)C(=O)O)C(C(=O)OC3C(C(C)(C)C)CC(C)CC3C(C)(C)C)=C2C(C)C)c(C(C)C)c1C(=O)OC1C(C(C)(C)C)CC(C)CC1C(C)(C)C. The summed E-state index contributed by atoms with van der Waals surface area (Å²) >= 11 is 3.77. The highest BCUT2D eigenvalue weighted by Gasteiger charge is 2.52. The number of carboxylic acids is 2. The van der Waals surface area contributed by atoms with Crippen molar-refractivity contribution in [1.82, 2.24) is 10.3 Å². The molecule has 514 valence electrons. The van der Waals surface area contributed by atoms with E-state index >= 15 is 19.2 Å². The minimum atomic E-state index is -1.22. The lowest BCUT2D eigenvalue weighted by molar-refractivity contribution is -0.164. The number of hydrogen-bond acceptors (Lipinski definition) is 14. The molecule has 19 heteroatoms. The minimum absolute atomic E-state index is 0.00737. The summed E-state index contributed by atoms with van der Waals surface area (Å²) in [6.45, 7) is 51.9. The maximum atomic E-state index is 16.0. The molecule has 2 heterocycles. The number of aromatic amines is 1. The van der Waals surface area contributed by atoms with Crippen LogP contribution in [-0.2, 0) is 43.0 Å². The number of carbonyl (C=O) groups excluding carboxylic acids is 5. The summed E-state index contributed by atoms with van der Waals surface area (Å²) in [5.74, 6) is -3.61. The Morgan fingerprint density at radius 2 is 1.14 bits per heavy atom. The van der Waals surface area contributed by atoms with Crippen LogP contribution in [-0.4, -0.2) is 121 Å². The van der Waals surface area contributed by atoms with Crippen molar-refractivity contribution in [3.05, 3.63) is 45.8 Å². The Labute approximate surface area is 559 Å². The molecule has 91 heavy (non-hydrogen) atoms. The average Bonchev–Trinajstić information content (AvgIpc) is 1.72. The first kappa shape index (κ1) is 79.0. The molecule has 1 aliphatic heterocycles. The average molecular weight is 1330 g/mol. The van der Waals surface area contributed by atoms with Crippen LogP contribution in [0.4, 0.5) is 5.82 Å². The molecule has 3 aliphatic rings. The van der Waals surface area contributed by atoms with Crippen molar-refractivity contribution < 1.29 is 58.0 Å². The predicted molar refractivity (Wildman–Crippen MR) is 375 cm³/mol. The van der Waals surface area contributed by atoms with Crippen LogP contribution in [0.15, 0.2) is 34.0 Å². The van der Waals surface area contributed by atoms with Crippen LogP contribution in [0.25, 0.3) is 6.08 Å². The van der Waals surface area contributed by atoms with Crippen molar-refractivity contribution in [2.45, 2.75) is 250 Å². The second kappa shape index (κ2) is 31.8. The number of amides is 2. The largest absolute Gasteiger partial charge is 0.481 e. The summed E-state index contributed by atoms with van der Waals surface area (Å²) in [4.78, 5) is 109. The number of aliphatic carboxylic acids is 2. The van der Waals surface area contributed by atoms with Crippen molar-refractivity contribution in [2.24, 2.45) is 68.1 Å². The van der Waals surface area contributed by atoms with E-state index in [1.807, 2.05) is 61.5 Å². The first-order valence-electron chi connectivity index (χ1n) is 33.4. The Kier molecular flexibility index (Phi) is 27.6. The zero-order valence-corrected chi connectivity index (χ0v) is 62.4. The standard InChI is InChI=1S/C72H116N4O12S3/c1-26-71(27-2,91-33-32-89-51(61(79)80)39-52(77)78)65(84)75-59-55(63(82)87-57-45(67(13,14)15)34-43(11)35-46(57)68(16,17)18)53(40(5)6)49(73-59)38-50-54(41(7)8)56(64(83)88-58-47(69(19,20)21)36-44(12)37-48(58)70(22,23)24)60(74-50)76(25)66(85)72(28-3,29-4)90-31-30-86-62(81)42(9)10/h38,40-41,43-48,51,57-58,74H,9,26-37,39H2,1-8,10-25H3,(H,77,78)(H,79,80)(H,73,75,84)/b49-38-. The Bertz CT molecular complexity index is 2840. The van der Waals surface area contributed by atoms with Gasteiger partial charge in [-0.3, -0.25) is 24.1 Å². The van der Waals surface area contributed by atoms with E-state index in [0.29, 0.717) is 71.6 Å². The van der Waals surface area contributed by atoms with Gasteiger partial charge in [-0.05, 0) is 121 Å². The van der Waals surface area contributed by atoms with E-state index in [4.69, 9.17) is 19.2 Å². The molecule has 1 aromatic rings. The smallest absolute Gasteiger partial charge is 0.342 e. The minimum Gasteiger partial charge on any atom is -0.481 e. The fraction of sp³-hybridized carbons (Fsp3) is 0.750.